The topological polar surface area (TPSA) is 76.1 Å². The van der Waals surface area contributed by atoms with Crippen molar-refractivity contribution in [1.82, 2.24) is 0 Å². The molecule has 1 saturated heterocycles. The van der Waals surface area contributed by atoms with Crippen LogP contribution in [-0.2, 0) is 9.59 Å². The number of methoxy groups -OCH3 is 1. The first-order chi connectivity index (χ1) is 16.3. The minimum atomic E-state index is -0.910. The highest BCUT2D eigenvalue weighted by molar-refractivity contribution is 6.51. The molecule has 1 fully saturated rings. The lowest BCUT2D eigenvalue weighted by Crippen LogP contribution is -2.29. The number of Topliss-reactive ketones (excluding diaryl/α,β-unsaturated/α-hetero) is 1. The van der Waals surface area contributed by atoms with E-state index in [0.717, 1.165) is 0 Å². The van der Waals surface area contributed by atoms with Crippen LogP contribution in [-0.4, -0.2) is 30.0 Å². The molecule has 0 spiro atoms. The number of para-hydroxylation sites is 1. The molecule has 1 unspecified atom stereocenters. The van der Waals surface area contributed by atoms with Crippen LogP contribution in [0.25, 0.3) is 5.76 Å². The number of nitrogens with zero attached hydrogens (tertiary/aromatic N) is 1. The zero-order valence-corrected chi connectivity index (χ0v) is 19.7. The molecule has 0 bridgehead atoms. The van der Waals surface area contributed by atoms with E-state index in [4.69, 9.17) is 21.1 Å². The first-order valence-corrected chi connectivity index (χ1v) is 11.2. The summed E-state index contributed by atoms with van der Waals surface area (Å²) in [5, 5.41) is 11.6. The molecule has 1 aliphatic heterocycles. The second kappa shape index (κ2) is 9.61. The van der Waals surface area contributed by atoms with Gasteiger partial charge < -0.3 is 14.6 Å². The van der Waals surface area contributed by atoms with Crippen molar-refractivity contribution >= 4 is 34.7 Å². The summed E-state index contributed by atoms with van der Waals surface area (Å²) in [5.41, 5.74) is 1.35. The fourth-order valence-corrected chi connectivity index (χ4v) is 4.22. The summed E-state index contributed by atoms with van der Waals surface area (Å²) in [5.74, 6) is -0.730. The molecular formula is C27H24ClNO5. The van der Waals surface area contributed by atoms with Crippen LogP contribution in [0.15, 0.2) is 78.4 Å². The van der Waals surface area contributed by atoms with Gasteiger partial charge in [-0.25, -0.2) is 0 Å². The fraction of sp³-hybridized carbons (Fsp3) is 0.185. The highest BCUT2D eigenvalue weighted by Crippen LogP contribution is 2.45. The number of rotatable bonds is 6. The van der Waals surface area contributed by atoms with Crippen molar-refractivity contribution < 1.29 is 24.2 Å². The van der Waals surface area contributed by atoms with E-state index in [1.807, 2.05) is 13.8 Å². The van der Waals surface area contributed by atoms with E-state index in [-0.39, 0.29) is 17.4 Å². The Kier molecular flexibility index (Phi) is 6.61. The van der Waals surface area contributed by atoms with Crippen LogP contribution in [0, 0.1) is 0 Å². The van der Waals surface area contributed by atoms with E-state index in [0.29, 0.717) is 33.3 Å². The number of carbonyl (C=O) groups is 2. The normalized spacial score (nSPS) is 17.3. The number of anilines is 1. The third kappa shape index (κ3) is 4.37. The van der Waals surface area contributed by atoms with E-state index in [1.165, 1.54) is 12.0 Å². The summed E-state index contributed by atoms with van der Waals surface area (Å²) in [4.78, 5) is 27.9. The second-order valence-electron chi connectivity index (χ2n) is 8.08. The fourth-order valence-electron chi connectivity index (χ4n) is 4.03. The first kappa shape index (κ1) is 23.4. The summed E-state index contributed by atoms with van der Waals surface area (Å²) >= 11 is 6.11. The molecule has 3 aromatic rings. The van der Waals surface area contributed by atoms with Gasteiger partial charge in [-0.1, -0.05) is 41.9 Å². The number of amides is 1. The largest absolute Gasteiger partial charge is 0.507 e. The minimum absolute atomic E-state index is 0.00801. The summed E-state index contributed by atoms with van der Waals surface area (Å²) in [7, 11) is 1.51. The van der Waals surface area contributed by atoms with Crippen LogP contribution in [0.1, 0.15) is 31.0 Å². The number of aliphatic hydroxyl groups is 1. The Balaban J connectivity index is 1.91. The van der Waals surface area contributed by atoms with Gasteiger partial charge in [0.1, 0.15) is 17.3 Å². The van der Waals surface area contributed by atoms with E-state index in [9.17, 15) is 14.7 Å². The molecular weight excluding hydrogens is 454 g/mol. The second-order valence-corrected chi connectivity index (χ2v) is 8.52. The van der Waals surface area contributed by atoms with Crippen LogP contribution in [0.4, 0.5) is 5.69 Å². The van der Waals surface area contributed by atoms with Crippen LogP contribution >= 0.6 is 11.6 Å². The molecule has 174 valence electrons. The van der Waals surface area contributed by atoms with Crippen molar-refractivity contribution in [3.8, 4) is 11.5 Å². The molecule has 1 atom stereocenters. The Morgan fingerprint density at radius 1 is 1.00 bits per heavy atom. The maximum atomic E-state index is 13.3. The van der Waals surface area contributed by atoms with Gasteiger partial charge in [0.15, 0.2) is 0 Å². The Morgan fingerprint density at radius 2 is 1.71 bits per heavy atom. The van der Waals surface area contributed by atoms with Crippen molar-refractivity contribution in [2.75, 3.05) is 12.0 Å². The molecule has 0 aromatic heterocycles. The number of hydrogen-bond acceptors (Lipinski definition) is 5. The molecule has 4 rings (SSSR count). The summed E-state index contributed by atoms with van der Waals surface area (Å²) in [6.07, 6.45) is -0.00801. The number of halogens is 1. The molecule has 1 aliphatic rings. The average molecular weight is 478 g/mol. The lowest BCUT2D eigenvalue weighted by molar-refractivity contribution is -0.132. The average Bonchev–Trinajstić information content (AvgIpc) is 3.09. The monoisotopic (exact) mass is 477 g/mol. The Hall–Kier alpha value is -3.77. The standard InChI is InChI=1S/C27H24ClNO5/c1-16(2)34-20-13-11-19(12-14-20)29-24(21-9-4-5-10-22(21)33-3)23(26(31)27(29)32)25(30)17-7-6-8-18(28)15-17/h4-16,24,30H,1-3H3/b25-23-. The zero-order chi connectivity index (χ0) is 24.4. The van der Waals surface area contributed by atoms with Crippen molar-refractivity contribution in [2.24, 2.45) is 0 Å². The van der Waals surface area contributed by atoms with Crippen LogP contribution < -0.4 is 14.4 Å². The highest BCUT2D eigenvalue weighted by atomic mass is 35.5. The summed E-state index contributed by atoms with van der Waals surface area (Å²) < 4.78 is 11.2. The van der Waals surface area contributed by atoms with Gasteiger partial charge in [-0.2, -0.15) is 0 Å². The van der Waals surface area contributed by atoms with Gasteiger partial charge in [-0.05, 0) is 56.3 Å². The lowest BCUT2D eigenvalue weighted by Gasteiger charge is -2.27. The predicted octanol–water partition coefficient (Wildman–Crippen LogP) is 5.76. The molecule has 1 amide bonds. The van der Waals surface area contributed by atoms with Gasteiger partial charge in [0, 0.05) is 21.8 Å². The van der Waals surface area contributed by atoms with E-state index < -0.39 is 17.7 Å². The third-order valence-electron chi connectivity index (χ3n) is 5.46. The third-order valence-corrected chi connectivity index (χ3v) is 5.70. The van der Waals surface area contributed by atoms with Crippen LogP contribution in [0.2, 0.25) is 5.02 Å². The SMILES string of the molecule is COc1ccccc1C1/C(=C(/O)c2cccc(Cl)c2)C(=O)C(=O)N1c1ccc(OC(C)C)cc1. The maximum absolute atomic E-state index is 13.3. The lowest BCUT2D eigenvalue weighted by atomic mass is 9.94. The number of aliphatic hydroxyl groups excluding tert-OH is 1. The first-order valence-electron chi connectivity index (χ1n) is 10.8. The smallest absolute Gasteiger partial charge is 0.300 e. The van der Waals surface area contributed by atoms with E-state index in [1.54, 1.807) is 72.8 Å². The van der Waals surface area contributed by atoms with Crippen molar-refractivity contribution in [3.63, 3.8) is 0 Å². The summed E-state index contributed by atoms with van der Waals surface area (Å²) in [6, 6.07) is 19.6. The highest BCUT2D eigenvalue weighted by Gasteiger charge is 2.47. The summed E-state index contributed by atoms with van der Waals surface area (Å²) in [6.45, 7) is 3.84. The van der Waals surface area contributed by atoms with Crippen molar-refractivity contribution in [1.29, 1.82) is 0 Å². The Labute approximate surface area is 203 Å². The van der Waals surface area contributed by atoms with Crippen LogP contribution in [0.5, 0.6) is 11.5 Å². The van der Waals surface area contributed by atoms with Gasteiger partial charge in [0.05, 0.1) is 24.8 Å². The molecule has 0 radical (unpaired) electrons. The quantitative estimate of drug-likeness (QED) is 0.277. The molecule has 3 aromatic carbocycles. The van der Waals surface area contributed by atoms with Crippen molar-refractivity contribution in [3.05, 3.63) is 94.5 Å². The zero-order valence-electron chi connectivity index (χ0n) is 19.0. The Bertz CT molecular complexity index is 1270. The van der Waals surface area contributed by atoms with E-state index in [2.05, 4.69) is 0 Å². The van der Waals surface area contributed by atoms with Gasteiger partial charge in [0.25, 0.3) is 11.7 Å². The molecule has 7 heteroatoms. The van der Waals surface area contributed by atoms with Gasteiger partial charge >= 0.3 is 0 Å². The van der Waals surface area contributed by atoms with Crippen LogP contribution in [0.3, 0.4) is 0 Å². The van der Waals surface area contributed by atoms with Crippen molar-refractivity contribution in [2.45, 2.75) is 26.0 Å². The molecule has 6 nitrogen and oxygen atoms in total. The predicted molar refractivity (Wildman–Crippen MR) is 131 cm³/mol. The number of hydrogen-bond donors (Lipinski definition) is 1. The van der Waals surface area contributed by atoms with E-state index >= 15 is 0 Å². The molecule has 0 saturated carbocycles. The number of benzene rings is 3. The number of ether oxygens (including phenoxy) is 2. The molecule has 0 aliphatic carbocycles. The Morgan fingerprint density at radius 3 is 2.35 bits per heavy atom. The van der Waals surface area contributed by atoms with Gasteiger partial charge in [-0.15, -0.1) is 0 Å². The van der Waals surface area contributed by atoms with Gasteiger partial charge in [-0.3, -0.25) is 14.5 Å². The number of ketones is 1. The maximum Gasteiger partial charge on any atom is 0.300 e. The molecule has 34 heavy (non-hydrogen) atoms. The minimum Gasteiger partial charge on any atom is -0.507 e. The molecule has 1 N–H and O–H groups in total. The van der Waals surface area contributed by atoms with Gasteiger partial charge in [0.2, 0.25) is 0 Å². The number of carbonyl (C=O) groups excluding carboxylic acids is 2. The molecule has 1 heterocycles.